The van der Waals surface area contributed by atoms with Crippen molar-refractivity contribution in [1.29, 1.82) is 5.26 Å². The van der Waals surface area contributed by atoms with Crippen molar-refractivity contribution in [2.24, 2.45) is 0 Å². The average Bonchev–Trinajstić information content (AvgIpc) is 3.22. The summed E-state index contributed by atoms with van der Waals surface area (Å²) in [4.78, 5) is 8.74. The highest BCUT2D eigenvalue weighted by atomic mass is 15.1. The van der Waals surface area contributed by atoms with Crippen LogP contribution in [0.2, 0.25) is 0 Å². The van der Waals surface area contributed by atoms with Crippen LogP contribution in [0.5, 0.6) is 0 Å². The van der Waals surface area contributed by atoms with Crippen molar-refractivity contribution in [2.45, 2.75) is 25.8 Å². The third-order valence-electron chi connectivity index (χ3n) is 3.03. The lowest BCUT2D eigenvalue weighted by molar-refractivity contribution is 1.02. The summed E-state index contributed by atoms with van der Waals surface area (Å²) in [6.45, 7) is 1.87. The first-order valence-electron chi connectivity index (χ1n) is 6.62. The van der Waals surface area contributed by atoms with E-state index in [1.54, 1.807) is 12.1 Å². The van der Waals surface area contributed by atoms with Gasteiger partial charge in [0.05, 0.1) is 11.6 Å². The first-order chi connectivity index (χ1) is 9.72. The normalized spacial score (nSPS) is 13.6. The molecule has 0 bridgehead atoms. The number of nitrogens with zero attached hydrogens (tertiary/aromatic N) is 3. The molecule has 100 valence electrons. The molecule has 20 heavy (non-hydrogen) atoms. The van der Waals surface area contributed by atoms with Crippen molar-refractivity contribution >= 4 is 17.3 Å². The number of anilines is 3. The van der Waals surface area contributed by atoms with Crippen LogP contribution in [0.25, 0.3) is 0 Å². The maximum absolute atomic E-state index is 8.91. The zero-order valence-corrected chi connectivity index (χ0v) is 11.2. The second-order valence-electron chi connectivity index (χ2n) is 4.92. The Kier molecular flexibility index (Phi) is 3.21. The summed E-state index contributed by atoms with van der Waals surface area (Å²) in [6.07, 6.45) is 2.41. The van der Waals surface area contributed by atoms with Gasteiger partial charge in [0, 0.05) is 17.8 Å². The molecule has 0 unspecified atom stereocenters. The van der Waals surface area contributed by atoms with Crippen LogP contribution in [0.3, 0.4) is 0 Å². The number of hydrogen-bond acceptors (Lipinski definition) is 5. The molecule has 0 atom stereocenters. The Balaban J connectivity index is 1.82. The summed E-state index contributed by atoms with van der Waals surface area (Å²) in [7, 11) is 0. The van der Waals surface area contributed by atoms with Gasteiger partial charge >= 0.3 is 0 Å². The Bertz CT molecular complexity index is 670. The molecule has 1 heterocycles. The van der Waals surface area contributed by atoms with Crippen LogP contribution >= 0.6 is 0 Å². The molecular formula is C15H15N5. The van der Waals surface area contributed by atoms with E-state index in [-0.39, 0.29) is 0 Å². The highest BCUT2D eigenvalue weighted by Crippen LogP contribution is 2.25. The molecule has 1 fully saturated rings. The molecule has 1 aromatic heterocycles. The summed E-state index contributed by atoms with van der Waals surface area (Å²) < 4.78 is 0. The van der Waals surface area contributed by atoms with Gasteiger partial charge in [0.1, 0.15) is 17.5 Å². The fraction of sp³-hybridized carbons (Fsp3) is 0.267. The summed E-state index contributed by atoms with van der Waals surface area (Å²) in [5, 5.41) is 15.5. The third-order valence-corrected chi connectivity index (χ3v) is 3.03. The van der Waals surface area contributed by atoms with E-state index in [1.807, 2.05) is 25.1 Å². The average molecular weight is 265 g/mol. The van der Waals surface area contributed by atoms with Crippen molar-refractivity contribution in [3.63, 3.8) is 0 Å². The van der Waals surface area contributed by atoms with Crippen LogP contribution in [-0.4, -0.2) is 16.0 Å². The predicted octanol–water partition coefficient (Wildman–Crippen LogP) is 2.97. The molecule has 2 N–H and O–H groups in total. The topological polar surface area (TPSA) is 73.6 Å². The van der Waals surface area contributed by atoms with Gasteiger partial charge in [0.25, 0.3) is 0 Å². The quantitative estimate of drug-likeness (QED) is 0.889. The number of aryl methyl sites for hydroxylation is 1. The molecule has 0 spiro atoms. The number of nitriles is 1. The Hall–Kier alpha value is -2.61. The Morgan fingerprint density at radius 2 is 2.00 bits per heavy atom. The van der Waals surface area contributed by atoms with Crippen molar-refractivity contribution in [3.05, 3.63) is 41.7 Å². The van der Waals surface area contributed by atoms with E-state index < -0.39 is 0 Å². The van der Waals surface area contributed by atoms with E-state index in [9.17, 15) is 0 Å². The molecular weight excluding hydrogens is 250 g/mol. The van der Waals surface area contributed by atoms with Crippen LogP contribution in [0.1, 0.15) is 24.2 Å². The van der Waals surface area contributed by atoms with Crippen molar-refractivity contribution in [2.75, 3.05) is 10.6 Å². The zero-order chi connectivity index (χ0) is 13.9. The number of rotatable bonds is 4. The van der Waals surface area contributed by atoms with Gasteiger partial charge in [0.15, 0.2) is 0 Å². The summed E-state index contributed by atoms with van der Waals surface area (Å²) >= 11 is 0. The second-order valence-corrected chi connectivity index (χ2v) is 4.92. The fourth-order valence-corrected chi connectivity index (χ4v) is 1.96. The van der Waals surface area contributed by atoms with Gasteiger partial charge < -0.3 is 10.6 Å². The number of nitrogens with one attached hydrogen (secondary N) is 2. The standard InChI is InChI=1S/C15H15N5/c1-10-17-14(19-12-5-6-12)8-15(18-10)20-13-4-2-3-11(7-13)9-16/h2-4,7-8,12H,5-6H2,1H3,(H2,17,18,19,20). The molecule has 5 nitrogen and oxygen atoms in total. The van der Waals surface area contributed by atoms with Crippen LogP contribution in [0, 0.1) is 18.3 Å². The maximum atomic E-state index is 8.91. The molecule has 0 radical (unpaired) electrons. The van der Waals surface area contributed by atoms with Gasteiger partial charge in [-0.05, 0) is 38.0 Å². The molecule has 1 aliphatic rings. The van der Waals surface area contributed by atoms with Gasteiger partial charge in [-0.2, -0.15) is 5.26 Å². The Labute approximate surface area is 117 Å². The minimum Gasteiger partial charge on any atom is -0.367 e. The highest BCUT2D eigenvalue weighted by Gasteiger charge is 2.21. The van der Waals surface area contributed by atoms with Gasteiger partial charge in [-0.3, -0.25) is 0 Å². The molecule has 1 saturated carbocycles. The molecule has 0 amide bonds. The fourth-order valence-electron chi connectivity index (χ4n) is 1.96. The van der Waals surface area contributed by atoms with E-state index in [4.69, 9.17) is 5.26 Å². The largest absolute Gasteiger partial charge is 0.367 e. The molecule has 1 aromatic carbocycles. The molecule has 0 saturated heterocycles. The Morgan fingerprint density at radius 3 is 2.75 bits per heavy atom. The van der Waals surface area contributed by atoms with Crippen LogP contribution in [0.4, 0.5) is 17.3 Å². The van der Waals surface area contributed by atoms with Gasteiger partial charge in [-0.25, -0.2) is 9.97 Å². The number of hydrogen-bond donors (Lipinski definition) is 2. The second kappa shape index (κ2) is 5.17. The lowest BCUT2D eigenvalue weighted by Crippen LogP contribution is -2.06. The molecule has 3 rings (SSSR count). The summed E-state index contributed by atoms with van der Waals surface area (Å²) in [5.41, 5.74) is 1.47. The molecule has 2 aromatic rings. The smallest absolute Gasteiger partial charge is 0.136 e. The monoisotopic (exact) mass is 265 g/mol. The minimum absolute atomic E-state index is 0.555. The predicted molar refractivity (Wildman–Crippen MR) is 77.9 cm³/mol. The summed E-state index contributed by atoms with van der Waals surface area (Å²) in [6, 6.07) is 11.9. The third kappa shape index (κ3) is 3.04. The Morgan fingerprint density at radius 1 is 1.20 bits per heavy atom. The van der Waals surface area contributed by atoms with Crippen LogP contribution in [0.15, 0.2) is 30.3 Å². The maximum Gasteiger partial charge on any atom is 0.136 e. The van der Waals surface area contributed by atoms with E-state index >= 15 is 0 Å². The highest BCUT2D eigenvalue weighted by molar-refractivity contribution is 5.61. The van der Waals surface area contributed by atoms with Crippen molar-refractivity contribution < 1.29 is 0 Å². The lowest BCUT2D eigenvalue weighted by atomic mass is 10.2. The van der Waals surface area contributed by atoms with Crippen molar-refractivity contribution in [3.8, 4) is 6.07 Å². The number of benzene rings is 1. The number of aromatic nitrogens is 2. The van der Waals surface area contributed by atoms with Crippen LogP contribution < -0.4 is 10.6 Å². The SMILES string of the molecule is Cc1nc(Nc2cccc(C#N)c2)cc(NC2CC2)n1. The van der Waals surface area contributed by atoms with Crippen LogP contribution in [-0.2, 0) is 0 Å². The van der Waals surface area contributed by atoms with E-state index in [0.717, 1.165) is 23.1 Å². The molecule has 5 heteroatoms. The van der Waals surface area contributed by atoms with Gasteiger partial charge in [0.2, 0.25) is 0 Å². The van der Waals surface area contributed by atoms with E-state index in [1.165, 1.54) is 12.8 Å². The van der Waals surface area contributed by atoms with Gasteiger partial charge in [-0.15, -0.1) is 0 Å². The lowest BCUT2D eigenvalue weighted by Gasteiger charge is -2.09. The first kappa shape index (κ1) is 12.4. The minimum atomic E-state index is 0.555. The van der Waals surface area contributed by atoms with Crippen molar-refractivity contribution in [1.82, 2.24) is 9.97 Å². The van der Waals surface area contributed by atoms with E-state index in [2.05, 4.69) is 26.7 Å². The summed E-state index contributed by atoms with van der Waals surface area (Å²) in [5.74, 6) is 2.30. The molecule has 1 aliphatic carbocycles. The molecule has 0 aliphatic heterocycles. The first-order valence-corrected chi connectivity index (χ1v) is 6.62. The zero-order valence-electron chi connectivity index (χ0n) is 11.2. The van der Waals surface area contributed by atoms with Gasteiger partial charge in [-0.1, -0.05) is 6.07 Å². The van der Waals surface area contributed by atoms with E-state index in [0.29, 0.717) is 11.6 Å².